The molecule has 0 unspecified atom stereocenters. The first kappa shape index (κ1) is 24.9. The summed E-state index contributed by atoms with van der Waals surface area (Å²) in [5, 5.41) is 2.84. The number of anilines is 1. The molecule has 8 heteroatoms. The van der Waals surface area contributed by atoms with E-state index >= 15 is 0 Å². The van der Waals surface area contributed by atoms with E-state index in [0.29, 0.717) is 6.54 Å². The minimum Gasteiger partial charge on any atom is -0.501 e. The summed E-state index contributed by atoms with van der Waals surface area (Å²) in [5.74, 6) is -2.02. The summed E-state index contributed by atoms with van der Waals surface area (Å²) in [7, 11) is 1.64. The van der Waals surface area contributed by atoms with Crippen LogP contribution in [0.2, 0.25) is 0 Å². The van der Waals surface area contributed by atoms with Gasteiger partial charge in [0.15, 0.2) is 5.69 Å². The summed E-state index contributed by atoms with van der Waals surface area (Å²) in [6.07, 6.45) is 8.29. The molecule has 2 rings (SSSR count). The zero-order valence-electron chi connectivity index (χ0n) is 17.8. The first-order chi connectivity index (χ1) is 14.5. The molecule has 0 saturated carbocycles. The van der Waals surface area contributed by atoms with E-state index in [9.17, 15) is 13.6 Å². The van der Waals surface area contributed by atoms with Gasteiger partial charge in [0.25, 0.3) is 5.91 Å². The first-order valence-electron chi connectivity index (χ1n) is 9.84. The number of nitrogens with two attached hydrogens (primary N) is 1. The van der Waals surface area contributed by atoms with Crippen molar-refractivity contribution in [3.63, 3.8) is 0 Å². The number of rotatable bonds is 10. The number of nitrogens with zero attached hydrogens (tertiary/aromatic N) is 1. The van der Waals surface area contributed by atoms with Crippen LogP contribution in [0.4, 0.5) is 14.7 Å². The van der Waals surface area contributed by atoms with Crippen molar-refractivity contribution < 1.29 is 22.7 Å². The van der Waals surface area contributed by atoms with Gasteiger partial charge < -0.3 is 20.2 Å². The number of methoxy groups -OCH3 is 1. The predicted molar refractivity (Wildman–Crippen MR) is 114 cm³/mol. The number of ether oxygens (including phenoxy) is 1. The molecule has 0 aliphatic rings. The quantitative estimate of drug-likeness (QED) is 0.303. The fraction of sp³-hybridized carbons (Fsp3) is 0.364. The zero-order valence-corrected chi connectivity index (χ0v) is 17.8. The molecule has 0 saturated heterocycles. The molecule has 0 bridgehead atoms. The lowest BCUT2D eigenvalue weighted by Crippen LogP contribution is -2.14. The number of hydrogen-bond donors (Lipinski definition) is 2. The van der Waals surface area contributed by atoms with Gasteiger partial charge in [0.1, 0.15) is 17.2 Å². The molecule has 0 fully saturated rings. The van der Waals surface area contributed by atoms with Crippen molar-refractivity contribution in [2.75, 3.05) is 19.0 Å². The van der Waals surface area contributed by atoms with Crippen LogP contribution < -0.4 is 11.1 Å². The summed E-state index contributed by atoms with van der Waals surface area (Å²) in [6, 6.07) is 3.37. The number of halogens is 2. The molecule has 1 aromatic carbocycles. The van der Waals surface area contributed by atoms with Crippen LogP contribution >= 0.6 is 0 Å². The number of amides is 1. The van der Waals surface area contributed by atoms with Crippen LogP contribution in [0.3, 0.4) is 0 Å². The predicted octanol–water partition coefficient (Wildman–Crippen LogP) is 5.43. The Balaban J connectivity index is 0.00000218. The van der Waals surface area contributed by atoms with Crippen molar-refractivity contribution in [2.24, 2.45) is 5.73 Å². The highest BCUT2D eigenvalue weighted by Crippen LogP contribution is 2.29. The molecular formula is C22H29F2N3O3. The van der Waals surface area contributed by atoms with Gasteiger partial charge in [0.05, 0.1) is 12.9 Å². The molecule has 1 aromatic heterocycles. The highest BCUT2D eigenvalue weighted by Gasteiger charge is 2.22. The second kappa shape index (κ2) is 13.1. The minimum atomic E-state index is -0.866. The molecular weight excluding hydrogens is 392 g/mol. The molecule has 0 spiro atoms. The Bertz CT molecular complexity index is 850. The standard InChI is InChI=1S/C20H23F2N3O3.C2H6/c1-3-13(27-2)9-6-4-5-7-12-24-20-17(18(23)26)25-19(28-20)16-14(21)10-8-11-15(16)22;1-2/h5,7-11,24H,3-4,6,12H2,1-2H3,(H2,23,26);1-2H3/b7-5-,13-9+;. The van der Waals surface area contributed by atoms with E-state index in [-0.39, 0.29) is 17.5 Å². The molecule has 2 aromatic rings. The van der Waals surface area contributed by atoms with Crippen LogP contribution in [0.1, 0.15) is 50.5 Å². The lowest BCUT2D eigenvalue weighted by molar-refractivity contribution is 0.0996. The SMILES string of the molecule is CC.CC/C(=C\CC/C=C\CNc1oc(-c2c(F)cccc2F)nc1C(N)=O)OC. The van der Waals surface area contributed by atoms with E-state index in [0.717, 1.165) is 37.2 Å². The van der Waals surface area contributed by atoms with E-state index < -0.39 is 23.1 Å². The monoisotopic (exact) mass is 421 g/mol. The molecule has 164 valence electrons. The van der Waals surface area contributed by atoms with Crippen molar-refractivity contribution in [1.82, 2.24) is 4.98 Å². The van der Waals surface area contributed by atoms with Crippen LogP contribution in [-0.2, 0) is 4.74 Å². The normalized spacial score (nSPS) is 11.2. The number of hydrogen-bond acceptors (Lipinski definition) is 5. The maximum Gasteiger partial charge on any atom is 0.273 e. The summed E-state index contributed by atoms with van der Waals surface area (Å²) >= 11 is 0. The molecule has 0 atom stereocenters. The Morgan fingerprint density at radius 1 is 1.23 bits per heavy atom. The number of benzene rings is 1. The molecule has 0 aliphatic heterocycles. The smallest absolute Gasteiger partial charge is 0.273 e. The van der Waals surface area contributed by atoms with Gasteiger partial charge in [-0.3, -0.25) is 4.79 Å². The lowest BCUT2D eigenvalue weighted by Gasteiger charge is -2.01. The van der Waals surface area contributed by atoms with Gasteiger partial charge in [-0.1, -0.05) is 39.0 Å². The topological polar surface area (TPSA) is 90.4 Å². The molecule has 0 radical (unpaired) electrons. The summed E-state index contributed by atoms with van der Waals surface area (Å²) < 4.78 is 38.4. The number of carbonyl (C=O) groups is 1. The Morgan fingerprint density at radius 3 is 2.47 bits per heavy atom. The fourth-order valence-electron chi connectivity index (χ4n) is 2.48. The average Bonchev–Trinajstić information content (AvgIpc) is 3.15. The van der Waals surface area contributed by atoms with Gasteiger partial charge in [-0.05, 0) is 31.1 Å². The Kier molecular flexibility index (Phi) is 10.9. The largest absolute Gasteiger partial charge is 0.501 e. The summed E-state index contributed by atoms with van der Waals surface area (Å²) in [5.41, 5.74) is 4.61. The Morgan fingerprint density at radius 2 is 1.90 bits per heavy atom. The van der Waals surface area contributed by atoms with Gasteiger partial charge in [-0.15, -0.1) is 0 Å². The summed E-state index contributed by atoms with van der Waals surface area (Å²) in [6.45, 7) is 6.34. The first-order valence-corrected chi connectivity index (χ1v) is 9.84. The van der Waals surface area contributed by atoms with Crippen LogP contribution in [0.15, 0.2) is 46.6 Å². The van der Waals surface area contributed by atoms with Gasteiger partial charge >= 0.3 is 0 Å². The molecule has 3 N–H and O–H groups in total. The average molecular weight is 421 g/mol. The lowest BCUT2D eigenvalue weighted by atomic mass is 10.2. The second-order valence-corrected chi connectivity index (χ2v) is 5.82. The van der Waals surface area contributed by atoms with Crippen LogP contribution in [0.25, 0.3) is 11.5 Å². The Hall–Kier alpha value is -3.16. The van der Waals surface area contributed by atoms with Crippen LogP contribution in [-0.4, -0.2) is 24.5 Å². The fourth-order valence-corrected chi connectivity index (χ4v) is 2.48. The van der Waals surface area contributed by atoms with Crippen molar-refractivity contribution in [3.8, 4) is 11.5 Å². The second-order valence-electron chi connectivity index (χ2n) is 5.82. The van der Waals surface area contributed by atoms with Crippen molar-refractivity contribution >= 4 is 11.8 Å². The van der Waals surface area contributed by atoms with Crippen molar-refractivity contribution in [2.45, 2.75) is 40.0 Å². The van der Waals surface area contributed by atoms with Gasteiger partial charge in [0, 0.05) is 13.0 Å². The minimum absolute atomic E-state index is 0.0395. The van der Waals surface area contributed by atoms with Crippen LogP contribution in [0, 0.1) is 11.6 Å². The van der Waals surface area contributed by atoms with E-state index in [1.54, 1.807) is 7.11 Å². The zero-order chi connectivity index (χ0) is 22.5. The number of carbonyl (C=O) groups excluding carboxylic acids is 1. The number of nitrogens with one attached hydrogen (secondary N) is 1. The summed E-state index contributed by atoms with van der Waals surface area (Å²) in [4.78, 5) is 15.4. The third-order valence-electron chi connectivity index (χ3n) is 3.90. The van der Waals surface area contributed by atoms with Crippen molar-refractivity contribution in [1.29, 1.82) is 0 Å². The third-order valence-corrected chi connectivity index (χ3v) is 3.90. The maximum absolute atomic E-state index is 13.9. The number of unbranched alkanes of at least 4 members (excludes halogenated alkanes) is 1. The molecule has 1 heterocycles. The molecule has 6 nitrogen and oxygen atoms in total. The van der Waals surface area contributed by atoms with E-state index in [1.807, 2.05) is 39.0 Å². The number of aromatic nitrogens is 1. The number of oxazole rings is 1. The molecule has 1 amide bonds. The van der Waals surface area contributed by atoms with Gasteiger partial charge in [0.2, 0.25) is 11.8 Å². The van der Waals surface area contributed by atoms with E-state index in [1.165, 1.54) is 6.07 Å². The van der Waals surface area contributed by atoms with E-state index in [2.05, 4.69) is 10.3 Å². The molecule has 0 aliphatic carbocycles. The van der Waals surface area contributed by atoms with Gasteiger partial charge in [-0.25, -0.2) is 13.8 Å². The van der Waals surface area contributed by atoms with E-state index in [4.69, 9.17) is 14.9 Å². The molecule has 30 heavy (non-hydrogen) atoms. The highest BCUT2D eigenvalue weighted by atomic mass is 19.1. The number of allylic oxidation sites excluding steroid dienone is 3. The third kappa shape index (κ3) is 7.02. The number of primary amides is 1. The van der Waals surface area contributed by atoms with Crippen molar-refractivity contribution in [3.05, 3.63) is 59.5 Å². The van der Waals surface area contributed by atoms with Crippen LogP contribution in [0.5, 0.6) is 0 Å². The maximum atomic E-state index is 13.9. The van der Waals surface area contributed by atoms with Gasteiger partial charge in [-0.2, -0.15) is 0 Å². The highest BCUT2D eigenvalue weighted by molar-refractivity contribution is 5.95. The Labute approximate surface area is 175 Å².